The quantitative estimate of drug-likeness (QED) is 0.380. The monoisotopic (exact) mass is 451 g/mol. The molecule has 0 radical (unpaired) electrons. The van der Waals surface area contributed by atoms with Gasteiger partial charge in [-0.1, -0.05) is 18.2 Å². The van der Waals surface area contributed by atoms with E-state index in [0.29, 0.717) is 36.3 Å². The van der Waals surface area contributed by atoms with Gasteiger partial charge in [-0.15, -0.1) is 5.10 Å². The Bertz CT molecular complexity index is 1570. The highest BCUT2D eigenvalue weighted by atomic mass is 16.2. The maximum Gasteiger partial charge on any atom is 0.261 e. The lowest BCUT2D eigenvalue weighted by molar-refractivity contribution is 0.0652. The van der Waals surface area contributed by atoms with Crippen LogP contribution in [0.5, 0.6) is 0 Å². The van der Waals surface area contributed by atoms with E-state index in [1.807, 2.05) is 29.7 Å². The molecule has 0 unspecified atom stereocenters. The summed E-state index contributed by atoms with van der Waals surface area (Å²) in [7, 11) is 0. The van der Waals surface area contributed by atoms with Crippen molar-refractivity contribution in [3.63, 3.8) is 0 Å². The lowest BCUT2D eigenvalue weighted by atomic mass is 10.1. The maximum atomic E-state index is 12.6. The first-order valence-electron chi connectivity index (χ1n) is 11.1. The van der Waals surface area contributed by atoms with E-state index in [9.17, 15) is 9.59 Å². The lowest BCUT2D eigenvalue weighted by Crippen LogP contribution is -2.31. The molecule has 168 valence electrons. The van der Waals surface area contributed by atoms with Gasteiger partial charge in [-0.3, -0.25) is 19.1 Å². The first-order valence-corrected chi connectivity index (χ1v) is 11.1. The average Bonchev–Trinajstić information content (AvgIpc) is 3.47. The van der Waals surface area contributed by atoms with E-state index < -0.39 is 0 Å². The van der Waals surface area contributed by atoms with Crippen molar-refractivity contribution in [1.82, 2.24) is 34.0 Å². The predicted molar refractivity (Wildman–Crippen MR) is 125 cm³/mol. The van der Waals surface area contributed by atoms with Gasteiger partial charge in [0.15, 0.2) is 17.1 Å². The molecule has 0 fully saturated rings. The van der Waals surface area contributed by atoms with Crippen LogP contribution < -0.4 is 0 Å². The molecule has 1 aromatic carbocycles. The van der Waals surface area contributed by atoms with E-state index in [4.69, 9.17) is 4.98 Å². The summed E-state index contributed by atoms with van der Waals surface area (Å²) in [5.74, 6) is 0.969. The van der Waals surface area contributed by atoms with Crippen LogP contribution in [0.2, 0.25) is 0 Å². The number of hydrogen-bond acceptors (Lipinski definition) is 6. The molecule has 0 atom stereocenters. The van der Waals surface area contributed by atoms with E-state index in [1.165, 1.54) is 4.90 Å². The SMILES string of the molecule is Cc1c(C)n(-c2ccccn2)c2ncn3nc(CCCN4C(=O)c5ccccc5C4=O)nc3c12. The van der Waals surface area contributed by atoms with Crippen molar-refractivity contribution in [1.29, 1.82) is 0 Å². The van der Waals surface area contributed by atoms with Crippen LogP contribution in [-0.2, 0) is 6.42 Å². The van der Waals surface area contributed by atoms with Gasteiger partial charge in [0.25, 0.3) is 11.8 Å². The smallest absolute Gasteiger partial charge is 0.261 e. The lowest BCUT2D eigenvalue weighted by Gasteiger charge is -2.12. The predicted octanol–water partition coefficient (Wildman–Crippen LogP) is 3.31. The average molecular weight is 451 g/mol. The highest BCUT2D eigenvalue weighted by Crippen LogP contribution is 2.29. The molecule has 0 spiro atoms. The highest BCUT2D eigenvalue weighted by Gasteiger charge is 2.34. The first-order chi connectivity index (χ1) is 16.5. The number of carbonyl (C=O) groups is 2. The van der Waals surface area contributed by atoms with E-state index in [2.05, 4.69) is 22.0 Å². The Hall–Kier alpha value is -4.40. The maximum absolute atomic E-state index is 12.6. The van der Waals surface area contributed by atoms with Crippen LogP contribution in [-0.4, -0.2) is 52.4 Å². The van der Waals surface area contributed by atoms with E-state index >= 15 is 0 Å². The van der Waals surface area contributed by atoms with Gasteiger partial charge >= 0.3 is 0 Å². The van der Waals surface area contributed by atoms with E-state index in [1.54, 1.807) is 41.3 Å². The second-order valence-electron chi connectivity index (χ2n) is 8.38. The third-order valence-corrected chi connectivity index (χ3v) is 6.42. The summed E-state index contributed by atoms with van der Waals surface area (Å²) in [6, 6.07) is 12.7. The largest absolute Gasteiger partial charge is 0.282 e. The van der Waals surface area contributed by atoms with Gasteiger partial charge in [0.05, 0.1) is 16.5 Å². The normalized spacial score (nSPS) is 13.4. The fourth-order valence-corrected chi connectivity index (χ4v) is 4.61. The number of benzene rings is 1. The van der Waals surface area contributed by atoms with Crippen molar-refractivity contribution in [3.8, 4) is 5.82 Å². The summed E-state index contributed by atoms with van der Waals surface area (Å²) < 4.78 is 3.72. The number of amides is 2. The minimum Gasteiger partial charge on any atom is -0.282 e. The van der Waals surface area contributed by atoms with Crippen molar-refractivity contribution in [2.45, 2.75) is 26.7 Å². The Morgan fingerprint density at radius 1 is 0.882 bits per heavy atom. The van der Waals surface area contributed by atoms with Gasteiger partial charge in [-0.25, -0.2) is 19.5 Å². The van der Waals surface area contributed by atoms with Gasteiger partial charge in [0, 0.05) is 24.9 Å². The number of aromatic nitrogens is 6. The second-order valence-corrected chi connectivity index (χ2v) is 8.38. The molecular weight excluding hydrogens is 430 g/mol. The van der Waals surface area contributed by atoms with Crippen molar-refractivity contribution < 1.29 is 9.59 Å². The molecule has 2 amide bonds. The Morgan fingerprint density at radius 2 is 1.62 bits per heavy atom. The van der Waals surface area contributed by atoms with E-state index in [0.717, 1.165) is 33.8 Å². The molecule has 6 rings (SSSR count). The standard InChI is InChI=1S/C25H21N7O2/c1-15-16(2)32(20-11-5-6-12-26-20)22-21(15)23-28-19(29-31(23)14-27-22)10-7-13-30-24(33)17-8-3-4-9-18(17)25(30)34/h3-6,8-9,11-12,14H,7,10,13H2,1-2H3. The number of carbonyl (C=O) groups excluding carboxylic acids is 2. The third kappa shape index (κ3) is 2.93. The molecular formula is C25H21N7O2. The zero-order chi connectivity index (χ0) is 23.4. The van der Waals surface area contributed by atoms with Gasteiger partial charge in [-0.05, 0) is 50.1 Å². The van der Waals surface area contributed by atoms with Crippen LogP contribution in [0.4, 0.5) is 0 Å². The zero-order valence-corrected chi connectivity index (χ0v) is 18.8. The zero-order valence-electron chi connectivity index (χ0n) is 18.8. The van der Waals surface area contributed by atoms with Crippen LogP contribution in [0.1, 0.15) is 44.2 Å². The van der Waals surface area contributed by atoms with Crippen molar-refractivity contribution in [2.24, 2.45) is 0 Å². The molecule has 5 heterocycles. The third-order valence-electron chi connectivity index (χ3n) is 6.42. The minimum absolute atomic E-state index is 0.239. The number of aryl methyl sites for hydroxylation is 2. The first kappa shape index (κ1) is 20.2. The molecule has 4 aromatic heterocycles. The topological polar surface area (TPSA) is 98.3 Å². The Morgan fingerprint density at radius 3 is 2.32 bits per heavy atom. The second kappa shape index (κ2) is 7.58. The number of imide groups is 1. The molecule has 0 aliphatic carbocycles. The minimum atomic E-state index is -0.239. The van der Waals surface area contributed by atoms with Gasteiger partial charge < -0.3 is 0 Å². The van der Waals surface area contributed by atoms with Gasteiger partial charge in [0.2, 0.25) is 0 Å². The summed E-state index contributed by atoms with van der Waals surface area (Å²) in [4.78, 5) is 40.4. The van der Waals surface area contributed by atoms with Crippen molar-refractivity contribution in [2.75, 3.05) is 6.54 Å². The number of fused-ring (bicyclic) bond motifs is 4. The molecule has 1 aliphatic heterocycles. The fourth-order valence-electron chi connectivity index (χ4n) is 4.61. The van der Waals surface area contributed by atoms with Crippen molar-refractivity contribution in [3.05, 3.63) is 83.2 Å². The van der Waals surface area contributed by atoms with Crippen LogP contribution >= 0.6 is 0 Å². The number of rotatable bonds is 5. The molecule has 0 bridgehead atoms. The molecule has 0 saturated heterocycles. The van der Waals surface area contributed by atoms with Crippen molar-refractivity contribution >= 4 is 28.5 Å². The summed E-state index contributed by atoms with van der Waals surface area (Å²) in [5, 5.41) is 5.52. The van der Waals surface area contributed by atoms with E-state index in [-0.39, 0.29) is 11.8 Å². The molecule has 34 heavy (non-hydrogen) atoms. The van der Waals surface area contributed by atoms with Crippen LogP contribution in [0.15, 0.2) is 55.0 Å². The molecule has 0 saturated carbocycles. The number of pyridine rings is 1. The summed E-state index contributed by atoms with van der Waals surface area (Å²) >= 11 is 0. The number of nitrogens with zero attached hydrogens (tertiary/aromatic N) is 7. The van der Waals surface area contributed by atoms with Crippen LogP contribution in [0, 0.1) is 13.8 Å². The van der Waals surface area contributed by atoms with Gasteiger partial charge in [-0.2, -0.15) is 0 Å². The molecule has 9 nitrogen and oxygen atoms in total. The Labute approximate surface area is 194 Å². The highest BCUT2D eigenvalue weighted by molar-refractivity contribution is 6.21. The summed E-state index contributed by atoms with van der Waals surface area (Å²) in [5.41, 5.74) is 4.57. The molecule has 0 N–H and O–H groups in total. The van der Waals surface area contributed by atoms with Crippen LogP contribution in [0.3, 0.4) is 0 Å². The van der Waals surface area contributed by atoms with Gasteiger partial charge in [0.1, 0.15) is 12.1 Å². The molecule has 5 aromatic rings. The van der Waals surface area contributed by atoms with Crippen LogP contribution in [0.25, 0.3) is 22.5 Å². The molecule has 1 aliphatic rings. The molecule has 9 heteroatoms. The fraction of sp³-hybridized carbons (Fsp3) is 0.200. The Balaban J connectivity index is 1.28. The Kier molecular flexibility index (Phi) is 4.51. The summed E-state index contributed by atoms with van der Waals surface area (Å²) in [6.07, 6.45) is 4.54. The number of hydrogen-bond donors (Lipinski definition) is 0. The summed E-state index contributed by atoms with van der Waals surface area (Å²) in [6.45, 7) is 4.42.